The van der Waals surface area contributed by atoms with Gasteiger partial charge in [-0.1, -0.05) is 36.4 Å². The van der Waals surface area contributed by atoms with Crippen molar-refractivity contribution in [3.8, 4) is 0 Å². The van der Waals surface area contributed by atoms with Crippen molar-refractivity contribution in [1.82, 2.24) is 10.4 Å². The molecule has 2 rings (SSSR count). The van der Waals surface area contributed by atoms with E-state index >= 15 is 0 Å². The van der Waals surface area contributed by atoms with Crippen molar-refractivity contribution in [2.75, 3.05) is 0 Å². The molecule has 0 bridgehead atoms. The van der Waals surface area contributed by atoms with Crippen molar-refractivity contribution in [1.29, 1.82) is 0 Å². The second-order valence-electron chi connectivity index (χ2n) is 5.23. The molecule has 1 atom stereocenters. The van der Waals surface area contributed by atoms with Crippen LogP contribution in [0.5, 0.6) is 0 Å². The molecule has 130 valence electrons. The molecular formula is C17H19N5O3. The van der Waals surface area contributed by atoms with Crippen LogP contribution in [-0.2, 0) is 11.2 Å². The molecule has 0 unspecified atom stereocenters. The van der Waals surface area contributed by atoms with E-state index in [9.17, 15) is 14.7 Å². The number of rotatable bonds is 7. The predicted octanol–water partition coefficient (Wildman–Crippen LogP) is 0.822. The molecule has 1 amide bonds. The lowest BCUT2D eigenvalue weighted by Gasteiger charge is -2.24. The van der Waals surface area contributed by atoms with Crippen molar-refractivity contribution in [2.24, 2.45) is 16.7 Å². The Morgan fingerprint density at radius 1 is 1.20 bits per heavy atom. The van der Waals surface area contributed by atoms with E-state index < -0.39 is 17.9 Å². The van der Waals surface area contributed by atoms with Gasteiger partial charge in [0.2, 0.25) is 0 Å². The number of hydrazine groups is 2. The van der Waals surface area contributed by atoms with Crippen molar-refractivity contribution in [3.63, 3.8) is 0 Å². The third-order valence-corrected chi connectivity index (χ3v) is 3.51. The minimum Gasteiger partial charge on any atom is -0.480 e. The molecule has 0 aliphatic heterocycles. The number of amides is 1. The van der Waals surface area contributed by atoms with Gasteiger partial charge in [-0.2, -0.15) is 0 Å². The largest absolute Gasteiger partial charge is 0.480 e. The Kier molecular flexibility index (Phi) is 6.21. The molecule has 0 aliphatic rings. The number of carboxylic acids is 1. The highest BCUT2D eigenvalue weighted by molar-refractivity contribution is 5.97. The molecule has 0 aliphatic carbocycles. The van der Waals surface area contributed by atoms with Crippen LogP contribution in [0.15, 0.2) is 59.6 Å². The van der Waals surface area contributed by atoms with Crippen LogP contribution in [0.25, 0.3) is 0 Å². The lowest BCUT2D eigenvalue weighted by molar-refractivity contribution is -0.142. The smallest absolute Gasteiger partial charge is 0.328 e. The van der Waals surface area contributed by atoms with E-state index in [2.05, 4.69) is 10.4 Å². The second-order valence-corrected chi connectivity index (χ2v) is 5.23. The molecule has 0 radical (unpaired) electrons. The first-order valence-electron chi connectivity index (χ1n) is 7.46. The first-order chi connectivity index (χ1) is 12.0. The van der Waals surface area contributed by atoms with Crippen LogP contribution >= 0.6 is 0 Å². The van der Waals surface area contributed by atoms with E-state index in [1.807, 2.05) is 6.07 Å². The summed E-state index contributed by atoms with van der Waals surface area (Å²) >= 11 is 0. The summed E-state index contributed by atoms with van der Waals surface area (Å²) in [5, 5.41) is 10.2. The standard InChI is InChI=1S/C17H19N5O3/c18-21-11-20-14-8-4-7-13(10-14)16(23)22(19)15(17(24)25)9-12-5-2-1-3-6-12/h1-8,10-11,15H,9,18-19H2,(H,20,21)(H,24,25)/t15-/m0/s1. The molecule has 25 heavy (non-hydrogen) atoms. The summed E-state index contributed by atoms with van der Waals surface area (Å²) in [5.74, 6) is 9.14. The van der Waals surface area contributed by atoms with Gasteiger partial charge in [-0.15, -0.1) is 0 Å². The molecule has 8 heteroatoms. The van der Waals surface area contributed by atoms with Gasteiger partial charge in [0.25, 0.3) is 5.91 Å². The number of nitrogens with one attached hydrogen (secondary N) is 1. The summed E-state index contributed by atoms with van der Waals surface area (Å²) < 4.78 is 0. The van der Waals surface area contributed by atoms with Gasteiger partial charge in [0.05, 0.1) is 5.69 Å². The minimum absolute atomic E-state index is 0.105. The molecule has 0 fully saturated rings. The maximum atomic E-state index is 12.6. The van der Waals surface area contributed by atoms with Gasteiger partial charge in [-0.3, -0.25) is 9.80 Å². The van der Waals surface area contributed by atoms with Crippen LogP contribution < -0.4 is 17.1 Å². The maximum Gasteiger partial charge on any atom is 0.328 e. The molecule has 0 aromatic heterocycles. The third-order valence-electron chi connectivity index (χ3n) is 3.51. The number of hydrogen-bond acceptors (Lipinski definition) is 5. The summed E-state index contributed by atoms with van der Waals surface area (Å²) in [7, 11) is 0. The van der Waals surface area contributed by atoms with Crippen LogP contribution in [0.4, 0.5) is 5.69 Å². The predicted molar refractivity (Wildman–Crippen MR) is 93.8 cm³/mol. The quantitative estimate of drug-likeness (QED) is 0.194. The number of carboxylic acid groups (broad SMARTS) is 1. The van der Waals surface area contributed by atoms with Crippen LogP contribution in [0.2, 0.25) is 0 Å². The molecule has 2 aromatic carbocycles. The van der Waals surface area contributed by atoms with Crippen LogP contribution in [0.3, 0.4) is 0 Å². The number of hydrogen-bond donors (Lipinski definition) is 4. The van der Waals surface area contributed by atoms with Gasteiger partial charge in [-0.05, 0) is 23.8 Å². The highest BCUT2D eigenvalue weighted by Crippen LogP contribution is 2.16. The Balaban J connectivity index is 2.21. The fraction of sp³-hybridized carbons (Fsp3) is 0.118. The Morgan fingerprint density at radius 2 is 1.92 bits per heavy atom. The van der Waals surface area contributed by atoms with E-state index in [4.69, 9.17) is 11.7 Å². The number of nitrogens with two attached hydrogens (primary N) is 2. The summed E-state index contributed by atoms with van der Waals surface area (Å²) in [6.07, 6.45) is 1.37. The molecule has 2 aromatic rings. The van der Waals surface area contributed by atoms with E-state index in [1.54, 1.807) is 42.5 Å². The van der Waals surface area contributed by atoms with Gasteiger partial charge < -0.3 is 10.5 Å². The maximum absolute atomic E-state index is 12.6. The Bertz CT molecular complexity index is 764. The summed E-state index contributed by atoms with van der Waals surface area (Å²) in [6, 6.07) is 14.1. The van der Waals surface area contributed by atoms with Gasteiger partial charge in [-0.25, -0.2) is 21.5 Å². The molecule has 0 heterocycles. The number of benzene rings is 2. The number of carbonyl (C=O) groups is 2. The Labute approximate surface area is 144 Å². The normalized spacial score (nSPS) is 11.9. The Morgan fingerprint density at radius 3 is 2.56 bits per heavy atom. The number of carbonyl (C=O) groups excluding carboxylic acids is 1. The highest BCUT2D eigenvalue weighted by Gasteiger charge is 2.28. The van der Waals surface area contributed by atoms with Crippen molar-refractivity contribution in [2.45, 2.75) is 12.5 Å². The van der Waals surface area contributed by atoms with Gasteiger partial charge in [0.1, 0.15) is 12.4 Å². The molecule has 6 N–H and O–H groups in total. The minimum atomic E-state index is -1.19. The van der Waals surface area contributed by atoms with Gasteiger partial charge in [0.15, 0.2) is 0 Å². The molecule has 0 spiro atoms. The first-order valence-corrected chi connectivity index (χ1v) is 7.46. The second kappa shape index (κ2) is 8.57. The first kappa shape index (κ1) is 18.1. The zero-order chi connectivity index (χ0) is 18.2. The summed E-state index contributed by atoms with van der Waals surface area (Å²) in [6.45, 7) is 0. The highest BCUT2D eigenvalue weighted by atomic mass is 16.4. The van der Waals surface area contributed by atoms with Crippen LogP contribution in [-0.4, -0.2) is 34.4 Å². The van der Waals surface area contributed by atoms with Crippen LogP contribution in [0, 0.1) is 0 Å². The third kappa shape index (κ3) is 4.87. The zero-order valence-electron chi connectivity index (χ0n) is 13.4. The lowest BCUT2D eigenvalue weighted by atomic mass is 10.0. The molecule has 8 nitrogen and oxygen atoms in total. The molecule has 0 saturated heterocycles. The number of nitrogens with zero attached hydrogens (tertiary/aromatic N) is 2. The Hall–Kier alpha value is -3.23. The van der Waals surface area contributed by atoms with E-state index in [1.165, 1.54) is 12.4 Å². The molecular weight excluding hydrogens is 322 g/mol. The van der Waals surface area contributed by atoms with E-state index in [0.717, 1.165) is 10.6 Å². The van der Waals surface area contributed by atoms with E-state index in [0.29, 0.717) is 5.69 Å². The zero-order valence-corrected chi connectivity index (χ0v) is 13.4. The van der Waals surface area contributed by atoms with E-state index in [-0.39, 0.29) is 12.0 Å². The lowest BCUT2D eigenvalue weighted by Crippen LogP contribution is -2.50. The fourth-order valence-electron chi connectivity index (χ4n) is 2.26. The average molecular weight is 341 g/mol. The summed E-state index contributed by atoms with van der Waals surface area (Å²) in [5.41, 5.74) is 3.74. The number of aliphatic imine (C=N–C) groups is 1. The van der Waals surface area contributed by atoms with Gasteiger partial charge in [0, 0.05) is 12.0 Å². The topological polar surface area (TPSA) is 134 Å². The average Bonchev–Trinajstić information content (AvgIpc) is 2.64. The van der Waals surface area contributed by atoms with Crippen molar-refractivity contribution in [3.05, 3.63) is 65.7 Å². The van der Waals surface area contributed by atoms with Crippen molar-refractivity contribution < 1.29 is 14.7 Å². The van der Waals surface area contributed by atoms with Gasteiger partial charge >= 0.3 is 5.97 Å². The molecule has 0 saturated carbocycles. The SMILES string of the molecule is NNC=Nc1cccc(C(=O)N(N)[C@@H](Cc2ccccc2)C(=O)O)c1. The number of aliphatic carboxylic acids is 1. The van der Waals surface area contributed by atoms with Crippen LogP contribution in [0.1, 0.15) is 15.9 Å². The van der Waals surface area contributed by atoms with Crippen molar-refractivity contribution >= 4 is 23.9 Å². The monoisotopic (exact) mass is 341 g/mol. The summed E-state index contributed by atoms with van der Waals surface area (Å²) in [4.78, 5) is 28.1. The fourth-order valence-corrected chi connectivity index (χ4v) is 2.26.